The average Bonchev–Trinajstić information content (AvgIpc) is 4.30. The number of rotatable bonds is 4. The number of hydrogen-bond donors (Lipinski definition) is 11. The smallest absolute Gasteiger partial charge is 0.390 e. The summed E-state index contributed by atoms with van der Waals surface area (Å²) in [5.74, 6) is -2.15. The average molecular weight is 1020 g/mol. The number of H-pyrrole nitrogens is 5. The quantitative estimate of drug-likeness (QED) is 0.0421. The summed E-state index contributed by atoms with van der Waals surface area (Å²) in [6, 6.07) is 4.01. The van der Waals surface area contributed by atoms with Gasteiger partial charge in [-0.3, -0.25) is 30.3 Å². The molecule has 5 aliphatic heterocycles. The lowest BCUT2D eigenvalue weighted by molar-refractivity contribution is 0.0969. The monoisotopic (exact) mass is 1020 g/mol. The minimum absolute atomic E-state index is 0.0321. The SMILES string of the molecule is O=C1C2=C(N=CC2)C(=O)c2n[nH]nc21.O=Nc1c2c(c(NO)c3n[nH]nc13)N=CC2.Oc1c2c(c(O)c3[nH]cnc13)CN=N2.[C-]#[N+]C(=O)c1c2c(c(C(=O)[N+]#[C-])c3n[nH]nc13)NCN2.c1nc2cc3c(cc2[nH]1)CN=N3. The Kier molecular flexibility index (Phi) is 11.5. The summed E-state index contributed by atoms with van der Waals surface area (Å²) < 4.78 is 0. The Morgan fingerprint density at radius 3 is 2.07 bits per heavy atom. The van der Waals surface area contributed by atoms with Crippen molar-refractivity contribution in [3.05, 3.63) is 103 Å². The fourth-order valence-corrected chi connectivity index (χ4v) is 8.66. The number of aromatic amines is 5. The summed E-state index contributed by atoms with van der Waals surface area (Å²) in [6.07, 6.45) is 7.20. The van der Waals surface area contributed by atoms with Gasteiger partial charge in [0.05, 0.1) is 96.0 Å². The van der Waals surface area contributed by atoms with Crippen LogP contribution in [0.3, 0.4) is 0 Å². The number of aromatic nitrogens is 13. The number of Topliss-reactive ketones (excluding diaryl/α,β-unsaturated/α-hetero) is 2. The number of fused-ring (bicyclic) bond motifs is 9. The molecule has 2 amide bonds. The summed E-state index contributed by atoms with van der Waals surface area (Å²) in [5, 5.41) is 82.3. The maximum Gasteiger partial charge on any atom is 0.390 e. The summed E-state index contributed by atoms with van der Waals surface area (Å²) >= 11 is 0. The molecule has 33 nitrogen and oxygen atoms in total. The van der Waals surface area contributed by atoms with E-state index in [1.165, 1.54) is 11.9 Å². The number of azo groups is 2. The van der Waals surface area contributed by atoms with Gasteiger partial charge in [0.15, 0.2) is 17.1 Å². The molecule has 0 saturated carbocycles. The van der Waals surface area contributed by atoms with E-state index in [4.69, 9.17) is 18.4 Å². The summed E-state index contributed by atoms with van der Waals surface area (Å²) in [7, 11) is 0. The zero-order valence-electron chi connectivity index (χ0n) is 38.0. The summed E-state index contributed by atoms with van der Waals surface area (Å²) in [6.45, 7) is 15.0. The fraction of sp³-hybridized carbons (Fsp3) is 0.116. The number of nitrogens with zero attached hydrogens (tertiary/aromatic N) is 17. The van der Waals surface area contributed by atoms with Crippen molar-refractivity contribution in [2.75, 3.05) is 22.8 Å². The van der Waals surface area contributed by atoms with Crippen molar-refractivity contribution in [2.45, 2.75) is 25.9 Å². The standard InChI is InChI=1S/C11H5N7O2.C8H6N6O2.C8H6N4O2.C8H4N4O2.C8H6N4/c1-12-10(19)4-6-7(15-3-14-6)5(11(20)13-2)9-8(4)16-18-17-9;15-12-5-3-1-2-9-4(3)8(13-16)7-6(5)10-14-11-7;13-7-3-1-11-12-4(3)8(14)6-5(7)9-2-10-6;13-7-3-1-2-9-4(3)8(14)6-5(7)10-12-11-6;1-5-3-11-12-6(5)2-8-7(1)9-4-10-8/h14-15H,3H2,(H,16,17,18);2,13,16H,1H2,(H,10,11,14);2,13-14H,1H2,(H,9,10);2H,1H2,(H,10,11,12);1-2,4H,3H2,(H,9,10). The lowest BCUT2D eigenvalue weighted by atomic mass is 9.95. The number of anilines is 3. The first-order chi connectivity index (χ1) is 37.1. The highest BCUT2D eigenvalue weighted by atomic mass is 16.5. The van der Waals surface area contributed by atoms with Gasteiger partial charge in [0.2, 0.25) is 11.6 Å². The number of allylic oxidation sites excluding steroid dienone is 2. The zero-order valence-corrected chi connectivity index (χ0v) is 38.0. The van der Waals surface area contributed by atoms with Crippen LogP contribution in [0.1, 0.15) is 64.8 Å². The second kappa shape index (κ2) is 18.8. The molecule has 0 radical (unpaired) electrons. The van der Waals surface area contributed by atoms with Gasteiger partial charge in [-0.05, 0) is 17.3 Å². The van der Waals surface area contributed by atoms with Gasteiger partial charge >= 0.3 is 11.8 Å². The van der Waals surface area contributed by atoms with Crippen molar-refractivity contribution < 1.29 is 34.6 Å². The number of aliphatic imine (C=N–C) groups is 2. The van der Waals surface area contributed by atoms with E-state index in [9.17, 15) is 34.3 Å². The molecule has 0 unspecified atom stereocenters. The number of hydrogen-bond acceptors (Lipinski definition) is 26. The van der Waals surface area contributed by atoms with Gasteiger partial charge in [-0.15, -0.1) is 4.91 Å². The first-order valence-electron chi connectivity index (χ1n) is 21.8. The van der Waals surface area contributed by atoms with Crippen molar-refractivity contribution in [1.82, 2.24) is 66.2 Å². The van der Waals surface area contributed by atoms with E-state index in [1.54, 1.807) is 18.8 Å². The molecule has 15 rings (SSSR count). The molecule has 0 atom stereocenters. The maximum absolute atomic E-state index is 11.8. The number of phenols is 2. The van der Waals surface area contributed by atoms with Gasteiger partial charge < -0.3 is 40.4 Å². The fourth-order valence-electron chi connectivity index (χ4n) is 8.66. The summed E-state index contributed by atoms with van der Waals surface area (Å²) in [4.78, 5) is 85.3. The molecule has 4 aromatic carbocycles. The molecule has 6 aliphatic rings. The van der Waals surface area contributed by atoms with Gasteiger partial charge in [0.25, 0.3) is 0 Å². The predicted molar refractivity (Wildman–Crippen MR) is 262 cm³/mol. The number of benzene rings is 4. The van der Waals surface area contributed by atoms with Crippen LogP contribution in [0, 0.1) is 18.1 Å². The van der Waals surface area contributed by atoms with E-state index in [1.807, 2.05) is 11.5 Å². The highest BCUT2D eigenvalue weighted by Crippen LogP contribution is 2.47. The van der Waals surface area contributed by atoms with E-state index in [0.717, 1.165) is 16.7 Å². The van der Waals surface area contributed by atoms with Crippen molar-refractivity contribution in [1.29, 1.82) is 0 Å². The number of amides is 2. The molecule has 10 heterocycles. The number of phenolic OH excluding ortho intramolecular Hbond substituents is 2. The number of imidazole rings is 2. The maximum atomic E-state index is 11.8. The number of aromatic hydroxyl groups is 2. The van der Waals surface area contributed by atoms with Crippen LogP contribution in [-0.2, 0) is 19.5 Å². The molecule has 9 aromatic rings. The highest BCUT2D eigenvalue weighted by molar-refractivity contribution is 6.27. The molecule has 372 valence electrons. The van der Waals surface area contributed by atoms with E-state index < -0.39 is 11.8 Å². The van der Waals surface area contributed by atoms with Crippen molar-refractivity contribution in [2.24, 2.45) is 35.6 Å². The number of ketones is 2. The minimum atomic E-state index is -0.807. The van der Waals surface area contributed by atoms with Crippen molar-refractivity contribution in [3.8, 4) is 11.5 Å². The second-order valence-corrected chi connectivity index (χ2v) is 16.0. The molecule has 1 aliphatic carbocycles. The lowest BCUT2D eigenvalue weighted by Crippen LogP contribution is -2.19. The topological polar surface area (TPSA) is 459 Å². The third-order valence-corrected chi connectivity index (χ3v) is 12.1. The van der Waals surface area contributed by atoms with Crippen LogP contribution in [0.5, 0.6) is 11.5 Å². The lowest BCUT2D eigenvalue weighted by Gasteiger charge is -2.08. The molecule has 0 bridgehead atoms. The Bertz CT molecular complexity index is 4200. The van der Waals surface area contributed by atoms with Crippen molar-refractivity contribution >= 4 is 120 Å². The number of nitrogens with one attached hydrogen (secondary N) is 8. The Morgan fingerprint density at radius 1 is 0.697 bits per heavy atom. The van der Waals surface area contributed by atoms with Crippen LogP contribution in [-0.4, -0.2) is 124 Å². The van der Waals surface area contributed by atoms with Crippen LogP contribution < -0.4 is 16.1 Å². The molecular formula is C43H27N25O8. The first kappa shape index (κ1) is 46.6. The Labute approximate surface area is 418 Å². The predicted octanol–water partition coefficient (Wildman–Crippen LogP) is 5.93. The van der Waals surface area contributed by atoms with Gasteiger partial charge in [0, 0.05) is 42.0 Å². The number of nitroso groups, excluding NO2 is 1. The van der Waals surface area contributed by atoms with Crippen LogP contribution in [0.25, 0.3) is 53.8 Å². The van der Waals surface area contributed by atoms with Crippen LogP contribution >= 0.6 is 0 Å². The molecule has 0 saturated heterocycles. The zero-order chi connectivity index (χ0) is 52.8. The molecule has 0 spiro atoms. The highest BCUT2D eigenvalue weighted by Gasteiger charge is 2.37. The van der Waals surface area contributed by atoms with Gasteiger partial charge in [-0.1, -0.05) is 0 Å². The Morgan fingerprint density at radius 2 is 1.36 bits per heavy atom. The largest absolute Gasteiger partial charge is 0.505 e. The van der Waals surface area contributed by atoms with Gasteiger partial charge in [-0.2, -0.15) is 76.4 Å². The van der Waals surface area contributed by atoms with Gasteiger partial charge in [-0.25, -0.2) is 9.97 Å². The van der Waals surface area contributed by atoms with Crippen molar-refractivity contribution in [3.63, 3.8) is 0 Å². The van der Waals surface area contributed by atoms with E-state index >= 15 is 0 Å². The third kappa shape index (κ3) is 7.52. The summed E-state index contributed by atoms with van der Waals surface area (Å²) in [5.41, 5.74) is 11.9. The second-order valence-electron chi connectivity index (χ2n) is 16.0. The van der Waals surface area contributed by atoms with E-state index in [2.05, 4.69) is 128 Å². The van der Waals surface area contributed by atoms with Crippen LogP contribution in [0.2, 0.25) is 0 Å². The Balaban J connectivity index is 0.000000102. The van der Waals surface area contributed by atoms with Gasteiger partial charge in [0.1, 0.15) is 61.6 Å². The minimum Gasteiger partial charge on any atom is -0.505 e. The molecule has 76 heavy (non-hydrogen) atoms. The number of carbonyl (C=O) groups excluding carboxylic acids is 4. The van der Waals surface area contributed by atoms with Crippen LogP contribution in [0.4, 0.5) is 39.8 Å². The van der Waals surface area contributed by atoms with Crippen LogP contribution in [0.15, 0.2) is 71.7 Å². The third-order valence-electron chi connectivity index (χ3n) is 12.1. The first-order valence-corrected chi connectivity index (χ1v) is 21.8. The van der Waals surface area contributed by atoms with E-state index in [0.29, 0.717) is 93.1 Å². The molecule has 5 aromatic heterocycles. The van der Waals surface area contributed by atoms with E-state index in [-0.39, 0.29) is 74.7 Å². The number of carbonyl (C=O) groups is 4. The molecule has 11 N–H and O–H groups in total. The Hall–Kier alpha value is -11.7. The molecule has 0 fully saturated rings. The molecular weight excluding hydrogens is 995 g/mol. The normalized spacial score (nSPS) is 14.1. The molecule has 33 heteroatoms.